The van der Waals surface area contributed by atoms with Crippen LogP contribution in [0.2, 0.25) is 0 Å². The molecule has 0 saturated carbocycles. The maximum Gasteiger partial charge on any atom is 0.0826 e. The Morgan fingerprint density at radius 1 is 1.24 bits per heavy atom. The number of hydrogen-bond acceptors (Lipinski definition) is 2. The van der Waals surface area contributed by atoms with E-state index in [1.807, 2.05) is 11.3 Å². The average molecular weight is 296 g/mol. The molecule has 0 bridgehead atoms. The maximum absolute atomic E-state index is 3.68. The second-order valence-corrected chi connectivity index (χ2v) is 7.06. The number of rotatable bonds is 2. The number of thiophene rings is 1. The minimum absolute atomic E-state index is 0.326. The first-order valence-corrected chi connectivity index (χ1v) is 8.51. The first-order valence-electron chi connectivity index (χ1n) is 7.69. The van der Waals surface area contributed by atoms with Gasteiger partial charge in [-0.05, 0) is 49.6 Å². The first-order chi connectivity index (χ1) is 10.3. The topological polar surface area (TPSA) is 27.8 Å². The van der Waals surface area contributed by atoms with E-state index in [0.717, 1.165) is 19.4 Å². The lowest BCUT2D eigenvalue weighted by atomic mass is 9.98. The van der Waals surface area contributed by atoms with E-state index in [2.05, 4.69) is 54.5 Å². The van der Waals surface area contributed by atoms with Crippen molar-refractivity contribution in [3.8, 4) is 0 Å². The van der Waals surface area contributed by atoms with E-state index in [1.165, 1.54) is 37.5 Å². The number of nitrogens with one attached hydrogen (secondary N) is 2. The third-order valence-electron chi connectivity index (χ3n) is 4.42. The van der Waals surface area contributed by atoms with Crippen molar-refractivity contribution in [1.29, 1.82) is 0 Å². The van der Waals surface area contributed by atoms with Crippen molar-refractivity contribution in [3.63, 3.8) is 0 Å². The second kappa shape index (κ2) is 5.00. The molecule has 2 aromatic heterocycles. The molecule has 21 heavy (non-hydrogen) atoms. The standard InChI is InChI=1S/C18H20N2S/c1-3-12-5-7-16(21-12)18-17-13(8-9-19-18)14-10-11(2)4-6-15(14)20-17/h4-7,10,18-20H,3,8-9H2,1-2H3. The van der Waals surface area contributed by atoms with Gasteiger partial charge in [0, 0.05) is 32.9 Å². The van der Waals surface area contributed by atoms with Gasteiger partial charge in [-0.15, -0.1) is 11.3 Å². The molecule has 2 nitrogen and oxygen atoms in total. The number of aryl methyl sites for hydroxylation is 2. The summed E-state index contributed by atoms with van der Waals surface area (Å²) in [6.45, 7) is 5.45. The quantitative estimate of drug-likeness (QED) is 0.723. The van der Waals surface area contributed by atoms with E-state index in [0.29, 0.717) is 6.04 Å². The van der Waals surface area contributed by atoms with Gasteiger partial charge in [0.15, 0.2) is 0 Å². The molecule has 0 radical (unpaired) electrons. The van der Waals surface area contributed by atoms with Gasteiger partial charge in [0.05, 0.1) is 6.04 Å². The summed E-state index contributed by atoms with van der Waals surface area (Å²) in [6.07, 6.45) is 2.23. The molecule has 0 spiro atoms. The highest BCUT2D eigenvalue weighted by molar-refractivity contribution is 7.12. The van der Waals surface area contributed by atoms with Gasteiger partial charge in [-0.25, -0.2) is 0 Å². The summed E-state index contributed by atoms with van der Waals surface area (Å²) in [4.78, 5) is 6.55. The molecule has 1 atom stereocenters. The van der Waals surface area contributed by atoms with Gasteiger partial charge in [0.25, 0.3) is 0 Å². The highest BCUT2D eigenvalue weighted by Crippen LogP contribution is 2.36. The Hall–Kier alpha value is -1.58. The molecule has 1 unspecified atom stereocenters. The summed E-state index contributed by atoms with van der Waals surface area (Å²) in [5, 5.41) is 5.09. The zero-order valence-electron chi connectivity index (χ0n) is 12.5. The Morgan fingerprint density at radius 2 is 2.14 bits per heavy atom. The molecule has 3 aromatic rings. The number of benzene rings is 1. The molecular formula is C18H20N2S. The molecule has 108 valence electrons. The summed E-state index contributed by atoms with van der Waals surface area (Å²) >= 11 is 1.93. The van der Waals surface area contributed by atoms with Crippen LogP contribution >= 0.6 is 11.3 Å². The van der Waals surface area contributed by atoms with Crippen molar-refractivity contribution in [1.82, 2.24) is 10.3 Å². The van der Waals surface area contributed by atoms with Crippen LogP contribution in [0.3, 0.4) is 0 Å². The number of H-pyrrole nitrogens is 1. The summed E-state index contributed by atoms with van der Waals surface area (Å²) < 4.78 is 0. The van der Waals surface area contributed by atoms with E-state index in [1.54, 1.807) is 0 Å². The fraction of sp³-hybridized carbons (Fsp3) is 0.333. The van der Waals surface area contributed by atoms with Gasteiger partial charge in [0.1, 0.15) is 0 Å². The fourth-order valence-corrected chi connectivity index (χ4v) is 4.36. The Balaban J connectivity index is 1.85. The van der Waals surface area contributed by atoms with Crippen LogP contribution in [0.4, 0.5) is 0 Å². The van der Waals surface area contributed by atoms with E-state index < -0.39 is 0 Å². The molecule has 0 fully saturated rings. The van der Waals surface area contributed by atoms with Crippen LogP contribution < -0.4 is 5.32 Å². The average Bonchev–Trinajstić information content (AvgIpc) is 3.11. The van der Waals surface area contributed by atoms with Crippen molar-refractivity contribution in [3.05, 3.63) is 56.9 Å². The van der Waals surface area contributed by atoms with Crippen LogP contribution in [0.25, 0.3) is 10.9 Å². The van der Waals surface area contributed by atoms with Crippen LogP contribution in [-0.4, -0.2) is 11.5 Å². The van der Waals surface area contributed by atoms with Gasteiger partial charge in [-0.3, -0.25) is 0 Å². The number of aromatic nitrogens is 1. The summed E-state index contributed by atoms with van der Waals surface area (Å²) in [5.41, 5.74) is 5.48. The minimum Gasteiger partial charge on any atom is -0.357 e. The SMILES string of the molecule is CCc1ccc(C2NCCc3c2[nH]c2ccc(C)cc32)s1. The van der Waals surface area contributed by atoms with Gasteiger partial charge in [-0.1, -0.05) is 18.6 Å². The highest BCUT2D eigenvalue weighted by Gasteiger charge is 2.26. The van der Waals surface area contributed by atoms with E-state index >= 15 is 0 Å². The third kappa shape index (κ3) is 2.12. The van der Waals surface area contributed by atoms with Crippen LogP contribution in [0.5, 0.6) is 0 Å². The number of fused-ring (bicyclic) bond motifs is 3. The van der Waals surface area contributed by atoms with Crippen molar-refractivity contribution in [2.45, 2.75) is 32.7 Å². The summed E-state index contributed by atoms with van der Waals surface area (Å²) in [7, 11) is 0. The third-order valence-corrected chi connectivity index (χ3v) is 5.72. The molecule has 3 heteroatoms. The smallest absolute Gasteiger partial charge is 0.0826 e. The largest absolute Gasteiger partial charge is 0.357 e. The van der Waals surface area contributed by atoms with Crippen molar-refractivity contribution in [2.75, 3.05) is 6.54 Å². The summed E-state index contributed by atoms with van der Waals surface area (Å²) in [6, 6.07) is 11.6. The second-order valence-electron chi connectivity index (χ2n) is 5.86. The molecule has 1 aliphatic heterocycles. The molecule has 0 aliphatic carbocycles. The predicted octanol–water partition coefficient (Wildman–Crippen LogP) is 4.34. The van der Waals surface area contributed by atoms with Gasteiger partial charge < -0.3 is 10.3 Å². The normalized spacial score (nSPS) is 18.1. The molecule has 1 aromatic carbocycles. The Morgan fingerprint density at radius 3 is 2.95 bits per heavy atom. The van der Waals surface area contributed by atoms with Gasteiger partial charge >= 0.3 is 0 Å². The molecule has 0 saturated heterocycles. The molecule has 0 amide bonds. The molecule has 2 N–H and O–H groups in total. The van der Waals surface area contributed by atoms with Crippen molar-refractivity contribution < 1.29 is 0 Å². The highest BCUT2D eigenvalue weighted by atomic mass is 32.1. The number of aromatic amines is 1. The van der Waals surface area contributed by atoms with Crippen LogP contribution in [0.15, 0.2) is 30.3 Å². The number of hydrogen-bond donors (Lipinski definition) is 2. The van der Waals surface area contributed by atoms with Crippen LogP contribution in [0.1, 0.15) is 39.5 Å². The van der Waals surface area contributed by atoms with Gasteiger partial charge in [0.2, 0.25) is 0 Å². The van der Waals surface area contributed by atoms with Gasteiger partial charge in [-0.2, -0.15) is 0 Å². The lowest BCUT2D eigenvalue weighted by Crippen LogP contribution is -2.29. The molecule has 1 aliphatic rings. The van der Waals surface area contributed by atoms with E-state index in [4.69, 9.17) is 0 Å². The molecule has 4 rings (SSSR count). The van der Waals surface area contributed by atoms with Crippen LogP contribution in [0, 0.1) is 6.92 Å². The Labute approximate surface area is 129 Å². The first kappa shape index (κ1) is 13.1. The zero-order valence-corrected chi connectivity index (χ0v) is 13.3. The summed E-state index contributed by atoms with van der Waals surface area (Å²) in [5.74, 6) is 0. The maximum atomic E-state index is 3.68. The van der Waals surface area contributed by atoms with Crippen molar-refractivity contribution >= 4 is 22.2 Å². The Bertz CT molecular complexity index is 797. The monoisotopic (exact) mass is 296 g/mol. The molecule has 3 heterocycles. The van der Waals surface area contributed by atoms with E-state index in [9.17, 15) is 0 Å². The lowest BCUT2D eigenvalue weighted by Gasteiger charge is -2.23. The Kier molecular flexibility index (Phi) is 3.12. The zero-order chi connectivity index (χ0) is 14.4. The van der Waals surface area contributed by atoms with Crippen molar-refractivity contribution in [2.24, 2.45) is 0 Å². The fourth-order valence-electron chi connectivity index (χ4n) is 3.32. The lowest BCUT2D eigenvalue weighted by molar-refractivity contribution is 0.567. The van der Waals surface area contributed by atoms with E-state index in [-0.39, 0.29) is 0 Å². The molecular weight excluding hydrogens is 276 g/mol. The predicted molar refractivity (Wildman–Crippen MR) is 90.3 cm³/mol. The minimum atomic E-state index is 0.326. The van der Waals surface area contributed by atoms with Crippen LogP contribution in [-0.2, 0) is 12.8 Å².